The molecule has 0 bridgehead atoms. The van der Waals surface area contributed by atoms with E-state index in [2.05, 4.69) is 5.32 Å². The van der Waals surface area contributed by atoms with Gasteiger partial charge in [-0.1, -0.05) is 0 Å². The van der Waals surface area contributed by atoms with Gasteiger partial charge in [0.2, 0.25) is 0 Å². The summed E-state index contributed by atoms with van der Waals surface area (Å²) in [6, 6.07) is 0. The predicted octanol–water partition coefficient (Wildman–Crippen LogP) is 1.79. The lowest BCUT2D eigenvalue weighted by Crippen LogP contribution is -2.47. The summed E-state index contributed by atoms with van der Waals surface area (Å²) in [5.74, 6) is -0.782. The second-order valence-corrected chi connectivity index (χ2v) is 4.77. The molecule has 0 saturated heterocycles. The molecule has 4 heteroatoms. The zero-order chi connectivity index (χ0) is 12.0. The number of nitrogens with one attached hydrogen (secondary N) is 1. The molecule has 0 aromatic heterocycles. The number of rotatable bonds is 8. The van der Waals surface area contributed by atoms with Crippen molar-refractivity contribution in [1.29, 1.82) is 0 Å². The molecule has 0 heterocycles. The number of aliphatic carboxylic acids is 1. The van der Waals surface area contributed by atoms with Crippen LogP contribution in [0.15, 0.2) is 0 Å². The molecule has 1 aliphatic carbocycles. The predicted molar refractivity (Wildman–Crippen MR) is 62.5 cm³/mol. The van der Waals surface area contributed by atoms with Gasteiger partial charge in [-0.05, 0) is 52.5 Å². The topological polar surface area (TPSA) is 58.6 Å². The third kappa shape index (κ3) is 3.76. The van der Waals surface area contributed by atoms with Gasteiger partial charge in [-0.3, -0.25) is 4.79 Å². The Morgan fingerprint density at radius 2 is 2.19 bits per heavy atom. The molecule has 0 spiro atoms. The van der Waals surface area contributed by atoms with Crippen LogP contribution in [0, 0.1) is 0 Å². The van der Waals surface area contributed by atoms with Crippen LogP contribution in [0.3, 0.4) is 0 Å². The number of likely N-dealkylation sites (N-methyl/N-ethyl adjacent to an activating group) is 1. The molecule has 0 aromatic carbocycles. The van der Waals surface area contributed by atoms with Crippen LogP contribution < -0.4 is 5.32 Å². The highest BCUT2D eigenvalue weighted by atomic mass is 16.5. The summed E-state index contributed by atoms with van der Waals surface area (Å²) in [7, 11) is 1.69. The Bertz CT molecular complexity index is 228. The Morgan fingerprint density at radius 1 is 1.50 bits per heavy atom. The van der Waals surface area contributed by atoms with Gasteiger partial charge >= 0.3 is 5.97 Å². The molecular formula is C12H23NO3. The Balaban J connectivity index is 2.06. The first kappa shape index (κ1) is 13.5. The number of hydrogen-bond acceptors (Lipinski definition) is 3. The van der Waals surface area contributed by atoms with Crippen LogP contribution in [0.2, 0.25) is 0 Å². The first-order chi connectivity index (χ1) is 7.58. The normalized spacial score (nSPS) is 20.1. The zero-order valence-corrected chi connectivity index (χ0v) is 10.3. The Morgan fingerprint density at radius 3 is 2.62 bits per heavy atom. The largest absolute Gasteiger partial charge is 0.480 e. The van der Waals surface area contributed by atoms with Crippen LogP contribution in [0.4, 0.5) is 0 Å². The van der Waals surface area contributed by atoms with E-state index in [-0.39, 0.29) is 0 Å². The standard InChI is InChI=1S/C12H23NO3/c1-12(13-2,11(14)15)8-3-4-9-16-10-6-5-7-10/h10,13H,3-9H2,1-2H3,(H,14,15). The van der Waals surface area contributed by atoms with Crippen molar-refractivity contribution in [2.45, 2.75) is 57.1 Å². The summed E-state index contributed by atoms with van der Waals surface area (Å²) >= 11 is 0. The van der Waals surface area contributed by atoms with Crippen LogP contribution in [-0.4, -0.2) is 36.4 Å². The number of hydrogen-bond donors (Lipinski definition) is 2. The highest BCUT2D eigenvalue weighted by Crippen LogP contribution is 2.22. The molecular weight excluding hydrogens is 206 g/mol. The van der Waals surface area contributed by atoms with Gasteiger partial charge < -0.3 is 15.2 Å². The second kappa shape index (κ2) is 6.21. The summed E-state index contributed by atoms with van der Waals surface area (Å²) < 4.78 is 5.62. The van der Waals surface area contributed by atoms with Gasteiger partial charge in [0.05, 0.1) is 6.10 Å². The van der Waals surface area contributed by atoms with Gasteiger partial charge in [0.15, 0.2) is 0 Å². The zero-order valence-electron chi connectivity index (χ0n) is 10.3. The van der Waals surface area contributed by atoms with Gasteiger partial charge in [0.25, 0.3) is 0 Å². The highest BCUT2D eigenvalue weighted by molar-refractivity contribution is 5.78. The molecule has 2 N–H and O–H groups in total. The summed E-state index contributed by atoms with van der Waals surface area (Å²) in [5.41, 5.74) is -0.795. The van der Waals surface area contributed by atoms with Gasteiger partial charge in [0.1, 0.15) is 5.54 Å². The van der Waals surface area contributed by atoms with E-state index < -0.39 is 11.5 Å². The number of ether oxygens (including phenoxy) is 1. The van der Waals surface area contributed by atoms with E-state index >= 15 is 0 Å². The number of unbranched alkanes of at least 4 members (excludes halogenated alkanes) is 1. The fraction of sp³-hybridized carbons (Fsp3) is 0.917. The van der Waals surface area contributed by atoms with Crippen molar-refractivity contribution in [2.75, 3.05) is 13.7 Å². The number of carbonyl (C=O) groups is 1. The minimum absolute atomic E-state index is 0.482. The molecule has 0 aromatic rings. The van der Waals surface area contributed by atoms with E-state index in [9.17, 15) is 4.79 Å². The van der Waals surface area contributed by atoms with Crippen molar-refractivity contribution in [1.82, 2.24) is 5.32 Å². The van der Waals surface area contributed by atoms with Crippen LogP contribution in [0.1, 0.15) is 45.4 Å². The average Bonchev–Trinajstić information content (AvgIpc) is 2.19. The van der Waals surface area contributed by atoms with E-state index in [1.54, 1.807) is 14.0 Å². The third-order valence-corrected chi connectivity index (χ3v) is 3.50. The molecule has 1 saturated carbocycles. The fourth-order valence-corrected chi connectivity index (χ4v) is 1.71. The van der Waals surface area contributed by atoms with Gasteiger partial charge in [0, 0.05) is 6.61 Å². The summed E-state index contributed by atoms with van der Waals surface area (Å²) in [4.78, 5) is 11.0. The highest BCUT2D eigenvalue weighted by Gasteiger charge is 2.30. The third-order valence-electron chi connectivity index (χ3n) is 3.50. The molecule has 16 heavy (non-hydrogen) atoms. The Labute approximate surface area is 97.4 Å². The summed E-state index contributed by atoms with van der Waals surface area (Å²) in [6.45, 7) is 2.49. The van der Waals surface area contributed by atoms with Crippen LogP contribution in [-0.2, 0) is 9.53 Å². The number of carboxylic acid groups (broad SMARTS) is 1. The van der Waals surface area contributed by atoms with E-state index in [0.29, 0.717) is 12.5 Å². The Kier molecular flexibility index (Phi) is 5.22. The summed E-state index contributed by atoms with van der Waals surface area (Å²) in [5, 5.41) is 11.9. The van der Waals surface area contributed by atoms with Crippen molar-refractivity contribution in [3.8, 4) is 0 Å². The molecule has 0 radical (unpaired) electrons. The maximum absolute atomic E-state index is 11.0. The first-order valence-electron chi connectivity index (χ1n) is 6.12. The first-order valence-corrected chi connectivity index (χ1v) is 6.12. The lowest BCUT2D eigenvalue weighted by molar-refractivity contribution is -0.144. The van der Waals surface area contributed by atoms with Crippen molar-refractivity contribution in [3.63, 3.8) is 0 Å². The van der Waals surface area contributed by atoms with Crippen molar-refractivity contribution in [2.24, 2.45) is 0 Å². The number of carboxylic acids is 1. The van der Waals surface area contributed by atoms with Crippen LogP contribution in [0.5, 0.6) is 0 Å². The van der Waals surface area contributed by atoms with Gasteiger partial charge in [-0.2, -0.15) is 0 Å². The van der Waals surface area contributed by atoms with Crippen molar-refractivity contribution >= 4 is 5.97 Å². The molecule has 1 atom stereocenters. The van der Waals surface area contributed by atoms with Crippen LogP contribution in [0.25, 0.3) is 0 Å². The molecule has 0 aliphatic heterocycles. The molecule has 94 valence electrons. The van der Waals surface area contributed by atoms with Crippen LogP contribution >= 0.6 is 0 Å². The van der Waals surface area contributed by atoms with E-state index in [0.717, 1.165) is 19.4 Å². The molecule has 0 amide bonds. The smallest absolute Gasteiger partial charge is 0.323 e. The average molecular weight is 229 g/mol. The minimum atomic E-state index is -0.795. The summed E-state index contributed by atoms with van der Waals surface area (Å²) in [6.07, 6.45) is 6.65. The van der Waals surface area contributed by atoms with Gasteiger partial charge in [-0.25, -0.2) is 0 Å². The monoisotopic (exact) mass is 229 g/mol. The fourth-order valence-electron chi connectivity index (χ4n) is 1.71. The Hall–Kier alpha value is -0.610. The van der Waals surface area contributed by atoms with Gasteiger partial charge in [-0.15, -0.1) is 0 Å². The molecule has 1 unspecified atom stereocenters. The maximum atomic E-state index is 11.0. The van der Waals surface area contributed by atoms with Crippen molar-refractivity contribution < 1.29 is 14.6 Å². The molecule has 1 fully saturated rings. The molecule has 4 nitrogen and oxygen atoms in total. The van der Waals surface area contributed by atoms with E-state index in [4.69, 9.17) is 9.84 Å². The quantitative estimate of drug-likeness (QED) is 0.623. The SMILES string of the molecule is CNC(C)(CCCCOC1CCC1)C(=O)O. The van der Waals surface area contributed by atoms with E-state index in [1.807, 2.05) is 0 Å². The second-order valence-electron chi connectivity index (χ2n) is 4.77. The lowest BCUT2D eigenvalue weighted by Gasteiger charge is -2.26. The minimum Gasteiger partial charge on any atom is -0.480 e. The maximum Gasteiger partial charge on any atom is 0.323 e. The molecule has 1 aliphatic rings. The van der Waals surface area contributed by atoms with E-state index in [1.165, 1.54) is 19.3 Å². The lowest BCUT2D eigenvalue weighted by atomic mass is 9.95. The molecule has 1 rings (SSSR count). The van der Waals surface area contributed by atoms with Crippen molar-refractivity contribution in [3.05, 3.63) is 0 Å².